The van der Waals surface area contributed by atoms with Crippen LogP contribution in [0.25, 0.3) is 0 Å². The lowest BCUT2D eigenvalue weighted by Crippen LogP contribution is -2.50. The number of likely N-dealkylation sites (tertiary alicyclic amines) is 1. The zero-order valence-corrected chi connectivity index (χ0v) is 24.2. The number of benzene rings is 1. The van der Waals surface area contributed by atoms with Crippen molar-refractivity contribution in [3.8, 4) is 17.6 Å². The number of methoxy groups -OCH3 is 1. The van der Waals surface area contributed by atoms with E-state index in [1.165, 1.54) is 32.2 Å². The van der Waals surface area contributed by atoms with Gasteiger partial charge in [-0.1, -0.05) is 18.8 Å². The third-order valence-corrected chi connectivity index (χ3v) is 8.27. The molecule has 1 saturated heterocycles. The molecule has 218 valence electrons. The number of anilines is 4. The van der Waals surface area contributed by atoms with Gasteiger partial charge in [0.15, 0.2) is 5.82 Å². The van der Waals surface area contributed by atoms with E-state index in [-0.39, 0.29) is 30.5 Å². The van der Waals surface area contributed by atoms with Gasteiger partial charge in [0.25, 0.3) is 17.5 Å². The number of hydrogen-bond acceptors (Lipinski definition) is 8. The number of halogens is 1. The van der Waals surface area contributed by atoms with Gasteiger partial charge in [0.1, 0.15) is 11.4 Å². The molecule has 1 aromatic carbocycles. The normalized spacial score (nSPS) is 22.0. The zero-order valence-electron chi connectivity index (χ0n) is 24.2. The number of alkyl halides is 1. The zero-order chi connectivity index (χ0) is 29.1. The van der Waals surface area contributed by atoms with Crippen LogP contribution in [-0.4, -0.2) is 85.3 Å². The van der Waals surface area contributed by atoms with Gasteiger partial charge in [-0.25, -0.2) is 9.37 Å². The number of ether oxygens (including phenoxy) is 1. The standard InChI is InChI=1S/C30H38FN7O3/c1-5-14-30(31)19-38(22-8-6-7-9-22)26-24(37(3)28(30)40)18-32-29(35-26)34-23-11-10-20(17-25(23)41-4)27(39)33-21-12-15-36(2)16-13-21/h10-11,17-18,21-22H,6-9,12-13,15-16,19H2,1-4H3,(H,33,39)(H,32,34,35). The van der Waals surface area contributed by atoms with Gasteiger partial charge in [0.05, 0.1) is 25.5 Å². The Labute approximate surface area is 240 Å². The Hall–Kier alpha value is -3.91. The molecule has 2 amide bonds. The topological polar surface area (TPSA) is 103 Å². The number of amides is 2. The van der Waals surface area contributed by atoms with Crippen molar-refractivity contribution < 1.29 is 18.7 Å². The first-order valence-electron chi connectivity index (χ1n) is 14.2. The quantitative estimate of drug-likeness (QED) is 0.515. The molecule has 2 aromatic rings. The summed E-state index contributed by atoms with van der Waals surface area (Å²) in [5.41, 5.74) is -0.852. The number of piperidine rings is 1. The Balaban J connectivity index is 1.41. The molecule has 1 unspecified atom stereocenters. The van der Waals surface area contributed by atoms with Crippen LogP contribution in [0.3, 0.4) is 0 Å². The molecule has 3 aliphatic rings. The summed E-state index contributed by atoms with van der Waals surface area (Å²) in [5.74, 6) is 5.45. The van der Waals surface area contributed by atoms with Crippen LogP contribution in [0, 0.1) is 11.8 Å². The van der Waals surface area contributed by atoms with E-state index in [2.05, 4.69) is 39.4 Å². The Kier molecular flexibility index (Phi) is 8.31. The molecule has 0 bridgehead atoms. The van der Waals surface area contributed by atoms with Crippen LogP contribution in [-0.2, 0) is 4.79 Å². The van der Waals surface area contributed by atoms with Gasteiger partial charge in [0.2, 0.25) is 5.95 Å². The lowest BCUT2D eigenvalue weighted by atomic mass is 10.0. The summed E-state index contributed by atoms with van der Waals surface area (Å²) in [7, 11) is 5.15. The summed E-state index contributed by atoms with van der Waals surface area (Å²) >= 11 is 0. The first-order chi connectivity index (χ1) is 19.7. The Bertz CT molecular complexity index is 1360. The highest BCUT2D eigenvalue weighted by atomic mass is 19.1. The minimum absolute atomic E-state index is 0.0430. The second-order valence-electron chi connectivity index (χ2n) is 11.1. The molecular weight excluding hydrogens is 525 g/mol. The lowest BCUT2D eigenvalue weighted by Gasteiger charge is -2.32. The second-order valence-corrected chi connectivity index (χ2v) is 11.1. The van der Waals surface area contributed by atoms with Gasteiger partial charge in [-0.15, -0.1) is 5.92 Å². The number of hydrogen-bond donors (Lipinski definition) is 2. The number of carbonyl (C=O) groups is 2. The van der Waals surface area contributed by atoms with Gasteiger partial charge < -0.3 is 30.1 Å². The molecule has 10 nitrogen and oxygen atoms in total. The van der Waals surface area contributed by atoms with E-state index in [1.54, 1.807) is 18.2 Å². The molecule has 2 fully saturated rings. The fourth-order valence-corrected chi connectivity index (χ4v) is 5.91. The van der Waals surface area contributed by atoms with E-state index >= 15 is 4.39 Å². The maximum Gasteiger partial charge on any atom is 0.279 e. The molecule has 1 saturated carbocycles. The molecule has 3 heterocycles. The second kappa shape index (κ2) is 11.9. The summed E-state index contributed by atoms with van der Waals surface area (Å²) in [6.45, 7) is 3.25. The predicted molar refractivity (Wildman–Crippen MR) is 157 cm³/mol. The molecule has 0 spiro atoms. The van der Waals surface area contributed by atoms with Gasteiger partial charge >= 0.3 is 0 Å². The first kappa shape index (κ1) is 28.6. The highest BCUT2D eigenvalue weighted by Crippen LogP contribution is 2.39. The summed E-state index contributed by atoms with van der Waals surface area (Å²) in [6, 6.07) is 5.37. The van der Waals surface area contributed by atoms with Crippen molar-refractivity contribution in [1.29, 1.82) is 0 Å². The predicted octanol–water partition coefficient (Wildman–Crippen LogP) is 3.51. The number of nitrogens with zero attached hydrogens (tertiary/aromatic N) is 5. The van der Waals surface area contributed by atoms with Crippen molar-refractivity contribution in [3.05, 3.63) is 30.0 Å². The van der Waals surface area contributed by atoms with Crippen molar-refractivity contribution in [2.75, 3.05) is 56.0 Å². The van der Waals surface area contributed by atoms with E-state index in [4.69, 9.17) is 9.72 Å². The van der Waals surface area contributed by atoms with E-state index in [9.17, 15) is 9.59 Å². The van der Waals surface area contributed by atoms with Crippen LogP contribution < -0.4 is 25.2 Å². The first-order valence-corrected chi connectivity index (χ1v) is 14.2. The van der Waals surface area contributed by atoms with Crippen LogP contribution >= 0.6 is 0 Å². The van der Waals surface area contributed by atoms with Crippen molar-refractivity contribution in [2.45, 2.75) is 63.2 Å². The number of fused-ring (bicyclic) bond motifs is 1. The molecule has 2 aliphatic heterocycles. The molecular formula is C30H38FN7O3. The van der Waals surface area contributed by atoms with Crippen LogP contribution in [0.5, 0.6) is 5.75 Å². The molecule has 0 radical (unpaired) electrons. The van der Waals surface area contributed by atoms with Crippen molar-refractivity contribution in [1.82, 2.24) is 20.2 Å². The average Bonchev–Trinajstić information content (AvgIpc) is 3.49. The van der Waals surface area contributed by atoms with E-state index in [0.29, 0.717) is 28.5 Å². The maximum atomic E-state index is 16.0. The van der Waals surface area contributed by atoms with Crippen LogP contribution in [0.2, 0.25) is 0 Å². The summed E-state index contributed by atoms with van der Waals surface area (Å²) in [4.78, 5) is 40.7. The summed E-state index contributed by atoms with van der Waals surface area (Å²) in [6.07, 6.45) is 7.20. The molecule has 1 atom stereocenters. The van der Waals surface area contributed by atoms with Gasteiger partial charge in [-0.2, -0.15) is 4.98 Å². The van der Waals surface area contributed by atoms with E-state index in [0.717, 1.165) is 51.6 Å². The molecule has 5 rings (SSSR count). The maximum absolute atomic E-state index is 16.0. The molecule has 1 aliphatic carbocycles. The molecule has 41 heavy (non-hydrogen) atoms. The van der Waals surface area contributed by atoms with Crippen molar-refractivity contribution in [2.24, 2.45) is 0 Å². The Morgan fingerprint density at radius 1 is 1.17 bits per heavy atom. The Morgan fingerprint density at radius 2 is 1.90 bits per heavy atom. The van der Waals surface area contributed by atoms with E-state index < -0.39 is 11.6 Å². The number of carbonyl (C=O) groups excluding carboxylic acids is 2. The SMILES string of the molecule is CC#CC1(F)CN(C2CCCC2)c2nc(Nc3ccc(C(=O)NC4CCN(C)CC4)cc3OC)ncc2N(C)C1=O. The molecule has 2 N–H and O–H groups in total. The van der Waals surface area contributed by atoms with Crippen molar-refractivity contribution >= 4 is 35.0 Å². The van der Waals surface area contributed by atoms with Gasteiger partial charge in [-0.3, -0.25) is 9.59 Å². The highest BCUT2D eigenvalue weighted by Gasteiger charge is 2.47. The van der Waals surface area contributed by atoms with E-state index in [1.807, 2.05) is 4.90 Å². The minimum Gasteiger partial charge on any atom is -0.495 e. The van der Waals surface area contributed by atoms with Crippen molar-refractivity contribution in [3.63, 3.8) is 0 Å². The highest BCUT2D eigenvalue weighted by molar-refractivity contribution is 6.05. The Morgan fingerprint density at radius 3 is 2.59 bits per heavy atom. The number of rotatable bonds is 6. The van der Waals surface area contributed by atoms with Gasteiger partial charge in [0, 0.05) is 24.7 Å². The third-order valence-electron chi connectivity index (χ3n) is 8.27. The molecule has 11 heteroatoms. The third kappa shape index (κ3) is 5.93. The summed E-state index contributed by atoms with van der Waals surface area (Å²) in [5, 5.41) is 6.32. The average molecular weight is 564 g/mol. The largest absolute Gasteiger partial charge is 0.495 e. The number of nitrogens with one attached hydrogen (secondary N) is 2. The fourth-order valence-electron chi connectivity index (χ4n) is 5.91. The lowest BCUT2D eigenvalue weighted by molar-refractivity contribution is -0.125. The monoisotopic (exact) mass is 563 g/mol. The fraction of sp³-hybridized carbons (Fsp3) is 0.533. The summed E-state index contributed by atoms with van der Waals surface area (Å²) < 4.78 is 21.6. The molecule has 1 aromatic heterocycles. The van der Waals surface area contributed by atoms with Crippen LogP contribution in [0.15, 0.2) is 24.4 Å². The number of aromatic nitrogens is 2. The smallest absolute Gasteiger partial charge is 0.279 e. The van der Waals surface area contributed by atoms with Crippen LogP contribution in [0.4, 0.5) is 27.5 Å². The minimum atomic E-state index is -2.35. The van der Waals surface area contributed by atoms with Crippen LogP contribution in [0.1, 0.15) is 55.8 Å². The van der Waals surface area contributed by atoms with Gasteiger partial charge in [-0.05, 0) is 70.9 Å².